The van der Waals surface area contributed by atoms with E-state index >= 15 is 0 Å². The molecule has 2 aliphatic rings. The number of fused-ring (bicyclic) bond motifs is 4. The van der Waals surface area contributed by atoms with E-state index in [1.165, 1.54) is 30.3 Å². The average molecular weight is 601 g/mol. The fourth-order valence-electron chi connectivity index (χ4n) is 6.08. The van der Waals surface area contributed by atoms with Crippen LogP contribution in [0.3, 0.4) is 0 Å². The highest BCUT2D eigenvalue weighted by atomic mass is 16.6. The van der Waals surface area contributed by atoms with Gasteiger partial charge in [-0.15, -0.1) is 0 Å². The van der Waals surface area contributed by atoms with Crippen molar-refractivity contribution in [3.05, 3.63) is 88.0 Å². The number of hydrogen-bond acceptors (Lipinski definition) is 9. The van der Waals surface area contributed by atoms with Gasteiger partial charge in [0.05, 0.1) is 29.4 Å². The lowest BCUT2D eigenvalue weighted by Crippen LogP contribution is -2.46. The van der Waals surface area contributed by atoms with Crippen LogP contribution >= 0.6 is 0 Å². The minimum atomic E-state index is -1.14. The second-order valence-electron chi connectivity index (χ2n) is 11.4. The first-order valence-electron chi connectivity index (χ1n) is 14.8. The summed E-state index contributed by atoms with van der Waals surface area (Å²) in [5.74, 6) is -3.21. The van der Waals surface area contributed by atoms with Gasteiger partial charge in [0.15, 0.2) is 11.9 Å². The van der Waals surface area contributed by atoms with Gasteiger partial charge in [0.25, 0.3) is 0 Å². The molecule has 0 amide bonds. The summed E-state index contributed by atoms with van der Waals surface area (Å²) in [5, 5.41) is 44.2. The van der Waals surface area contributed by atoms with E-state index in [9.17, 15) is 34.8 Å². The molecule has 1 heterocycles. The Kier molecular flexibility index (Phi) is 8.90. The van der Waals surface area contributed by atoms with E-state index < -0.39 is 53.5 Å². The van der Waals surface area contributed by atoms with E-state index in [0.717, 1.165) is 25.7 Å². The van der Waals surface area contributed by atoms with E-state index in [-0.39, 0.29) is 45.4 Å². The van der Waals surface area contributed by atoms with Gasteiger partial charge < -0.3 is 29.9 Å². The molecule has 5 rings (SSSR count). The first kappa shape index (κ1) is 31.0. The number of unbranched alkanes of at least 4 members (excludes halogenated alkanes) is 3. The molecule has 3 aromatic rings. The van der Waals surface area contributed by atoms with Crippen LogP contribution in [-0.4, -0.2) is 56.3 Å². The van der Waals surface area contributed by atoms with Crippen LogP contribution in [0.15, 0.2) is 54.6 Å². The number of aliphatic hydroxyl groups is 1. The van der Waals surface area contributed by atoms with E-state index in [0.29, 0.717) is 10.9 Å². The predicted molar refractivity (Wildman–Crippen MR) is 163 cm³/mol. The van der Waals surface area contributed by atoms with E-state index in [2.05, 4.69) is 6.92 Å². The van der Waals surface area contributed by atoms with E-state index in [1.54, 1.807) is 32.1 Å². The van der Waals surface area contributed by atoms with Crippen molar-refractivity contribution >= 4 is 28.3 Å². The summed E-state index contributed by atoms with van der Waals surface area (Å²) in [6, 6.07) is 7.30. The van der Waals surface area contributed by atoms with Crippen LogP contribution in [0, 0.1) is 6.92 Å². The molecule has 1 fully saturated rings. The second kappa shape index (κ2) is 12.6. The van der Waals surface area contributed by atoms with Crippen LogP contribution in [0.1, 0.15) is 95.0 Å². The minimum Gasteiger partial charge on any atom is -0.507 e. The highest BCUT2D eigenvalue weighted by Crippen LogP contribution is 2.46. The Morgan fingerprint density at radius 1 is 1.00 bits per heavy atom. The highest BCUT2D eigenvalue weighted by molar-refractivity contribution is 6.34. The minimum absolute atomic E-state index is 0.0580. The van der Waals surface area contributed by atoms with Gasteiger partial charge in [-0.3, -0.25) is 9.59 Å². The van der Waals surface area contributed by atoms with Crippen LogP contribution in [-0.2, 0) is 14.3 Å². The summed E-state index contributed by atoms with van der Waals surface area (Å²) in [6.07, 6.45) is 7.08. The molecule has 1 saturated heterocycles. The van der Waals surface area contributed by atoms with E-state index in [1.807, 2.05) is 6.08 Å². The Labute approximate surface area is 255 Å². The summed E-state index contributed by atoms with van der Waals surface area (Å²) in [6.45, 7) is 5.51. The second-order valence-corrected chi connectivity index (χ2v) is 11.4. The molecule has 0 aromatic heterocycles. The maximum absolute atomic E-state index is 13.7. The maximum atomic E-state index is 13.7. The molecular formula is C35H36O9. The number of phenolic OH excluding ortho intramolecular Hbond substituents is 3. The van der Waals surface area contributed by atoms with Crippen LogP contribution < -0.4 is 0 Å². The topological polar surface area (TPSA) is 151 Å². The third-order valence-corrected chi connectivity index (χ3v) is 8.21. The lowest BCUT2D eigenvalue weighted by Gasteiger charge is -2.38. The molecule has 44 heavy (non-hydrogen) atoms. The summed E-state index contributed by atoms with van der Waals surface area (Å²) in [4.78, 5) is 39.8. The number of allylic oxidation sites excluding steroid dienone is 3. The molecule has 0 radical (unpaired) electrons. The summed E-state index contributed by atoms with van der Waals surface area (Å²) < 4.78 is 11.5. The van der Waals surface area contributed by atoms with Crippen molar-refractivity contribution in [2.24, 2.45) is 0 Å². The normalized spacial score (nSPS) is 21.6. The van der Waals surface area contributed by atoms with Crippen molar-refractivity contribution in [3.63, 3.8) is 0 Å². The SMILES string of the molecule is CCCCCC=CC=CC(=O)OC1C(O)CC(c2ccc3c(c2O)C(=O)c2c(O)cc4cc(C)cc(O)c4c2C3=O)OC1C. The number of rotatable bonds is 8. The number of hydrogen-bond donors (Lipinski definition) is 4. The highest BCUT2D eigenvalue weighted by Gasteiger charge is 2.42. The molecule has 0 bridgehead atoms. The molecule has 9 nitrogen and oxygen atoms in total. The fraction of sp³-hybridized carbons (Fsp3) is 0.343. The monoisotopic (exact) mass is 600 g/mol. The molecule has 4 N–H and O–H groups in total. The van der Waals surface area contributed by atoms with Crippen molar-refractivity contribution in [1.82, 2.24) is 0 Å². The number of ether oxygens (including phenoxy) is 2. The summed E-state index contributed by atoms with van der Waals surface area (Å²) in [7, 11) is 0. The molecule has 0 spiro atoms. The number of benzene rings is 3. The third-order valence-electron chi connectivity index (χ3n) is 8.21. The maximum Gasteiger partial charge on any atom is 0.331 e. The zero-order chi connectivity index (χ0) is 31.7. The van der Waals surface area contributed by atoms with Gasteiger partial charge in [-0.05, 0) is 55.8 Å². The molecular weight excluding hydrogens is 564 g/mol. The van der Waals surface area contributed by atoms with E-state index in [4.69, 9.17) is 9.47 Å². The largest absolute Gasteiger partial charge is 0.507 e. The average Bonchev–Trinajstić information content (AvgIpc) is 2.96. The number of carbonyl (C=O) groups is 3. The molecule has 1 aliphatic carbocycles. The van der Waals surface area contributed by atoms with Crippen LogP contribution in [0.2, 0.25) is 0 Å². The molecule has 3 aromatic carbocycles. The first-order chi connectivity index (χ1) is 21.0. The fourth-order valence-corrected chi connectivity index (χ4v) is 6.08. The van der Waals surface area contributed by atoms with Crippen molar-refractivity contribution in [1.29, 1.82) is 0 Å². The Hall–Kier alpha value is -4.47. The van der Waals surface area contributed by atoms with Crippen molar-refractivity contribution < 1.29 is 44.3 Å². The number of phenols is 3. The Morgan fingerprint density at radius 3 is 2.50 bits per heavy atom. The summed E-state index contributed by atoms with van der Waals surface area (Å²) >= 11 is 0. The van der Waals surface area contributed by atoms with Crippen molar-refractivity contribution in [2.75, 3.05) is 0 Å². The van der Waals surface area contributed by atoms with Crippen LogP contribution in [0.5, 0.6) is 17.2 Å². The molecule has 1 aliphatic heterocycles. The predicted octanol–water partition coefficient (Wildman–Crippen LogP) is 5.86. The van der Waals surface area contributed by atoms with Gasteiger partial charge in [-0.25, -0.2) is 4.79 Å². The lowest BCUT2D eigenvalue weighted by molar-refractivity contribution is -0.190. The molecule has 230 valence electrons. The number of aryl methyl sites for hydroxylation is 1. The van der Waals surface area contributed by atoms with Gasteiger partial charge in [0, 0.05) is 34.6 Å². The Morgan fingerprint density at radius 2 is 1.77 bits per heavy atom. The third kappa shape index (κ3) is 5.73. The van der Waals surface area contributed by atoms with Gasteiger partial charge >= 0.3 is 5.97 Å². The zero-order valence-corrected chi connectivity index (χ0v) is 24.9. The molecule has 9 heteroatoms. The smallest absolute Gasteiger partial charge is 0.331 e. The summed E-state index contributed by atoms with van der Waals surface area (Å²) in [5.41, 5.74) is 0.0397. The standard InChI is InChI=1S/C35H36O9/c1-4-5-6-7-8-9-10-11-27(39)44-35-19(3)43-26(17-25(35)38)21-12-13-22-29(32(21)40)34(42)30-24(37)16-20-14-18(2)15-23(36)28(20)31(30)33(22)41/h8-16,19,25-26,35-38,40H,4-7,17H2,1-3H3. The van der Waals surface area contributed by atoms with Crippen LogP contribution in [0.4, 0.5) is 0 Å². The lowest BCUT2D eigenvalue weighted by atomic mass is 9.79. The van der Waals surface area contributed by atoms with Crippen molar-refractivity contribution in [2.45, 2.75) is 77.3 Å². The van der Waals surface area contributed by atoms with Gasteiger partial charge in [-0.2, -0.15) is 0 Å². The number of carbonyl (C=O) groups excluding carboxylic acids is 3. The van der Waals surface area contributed by atoms with Gasteiger partial charge in [0.2, 0.25) is 5.78 Å². The van der Waals surface area contributed by atoms with Crippen molar-refractivity contribution in [3.8, 4) is 17.2 Å². The quantitative estimate of drug-likeness (QED) is 0.0844. The number of aromatic hydroxyl groups is 3. The van der Waals surface area contributed by atoms with Gasteiger partial charge in [-0.1, -0.05) is 50.1 Å². The zero-order valence-electron chi connectivity index (χ0n) is 24.9. The Bertz CT molecular complexity index is 1690. The number of aliphatic hydroxyl groups excluding tert-OH is 1. The molecule has 4 unspecified atom stereocenters. The van der Waals surface area contributed by atoms with Crippen LogP contribution in [0.25, 0.3) is 10.8 Å². The molecule has 0 saturated carbocycles. The van der Waals surface area contributed by atoms with Gasteiger partial charge in [0.1, 0.15) is 17.2 Å². The number of ketones is 2. The first-order valence-corrected chi connectivity index (χ1v) is 14.8. The molecule has 4 atom stereocenters. The Balaban J connectivity index is 1.37. The number of esters is 1.